The second-order valence-electron chi connectivity index (χ2n) is 4.89. The summed E-state index contributed by atoms with van der Waals surface area (Å²) in [7, 11) is 3.66. The molecule has 7 heteroatoms. The first-order valence-electron chi connectivity index (χ1n) is 7.11. The third-order valence-electron chi connectivity index (χ3n) is 3.12. The van der Waals surface area contributed by atoms with Gasteiger partial charge in [0.15, 0.2) is 17.6 Å². The average Bonchev–Trinajstić information content (AvgIpc) is 3.03. The number of guanidine groups is 1. The van der Waals surface area contributed by atoms with E-state index < -0.39 is 11.6 Å². The maximum Gasteiger partial charge on any atom is 0.193 e. The molecule has 0 atom stereocenters. The molecule has 0 radical (unpaired) electrons. The second kappa shape index (κ2) is 8.47. The monoisotopic (exact) mass is 339 g/mol. The first-order valence-corrected chi connectivity index (χ1v) is 8.05. The lowest BCUT2D eigenvalue weighted by atomic mass is 10.3. The first-order chi connectivity index (χ1) is 11.1. The van der Waals surface area contributed by atoms with E-state index in [1.165, 1.54) is 11.6 Å². The van der Waals surface area contributed by atoms with Crippen molar-refractivity contribution in [3.8, 4) is 5.75 Å². The first kappa shape index (κ1) is 17.2. The number of benzene rings is 1. The molecular formula is C16H19F2N3OS. The summed E-state index contributed by atoms with van der Waals surface area (Å²) in [5, 5.41) is 7.29. The quantitative estimate of drug-likeness (QED) is 0.499. The van der Waals surface area contributed by atoms with Gasteiger partial charge in [-0.1, -0.05) is 0 Å². The SMILES string of the molecule is CN=C(NCCOc1ccc(F)c(F)c1)N(C)Cc1ccsc1. The molecule has 1 heterocycles. The zero-order valence-electron chi connectivity index (χ0n) is 13.1. The molecule has 23 heavy (non-hydrogen) atoms. The minimum absolute atomic E-state index is 0.298. The maximum atomic E-state index is 13.1. The van der Waals surface area contributed by atoms with Gasteiger partial charge in [-0.2, -0.15) is 11.3 Å². The van der Waals surface area contributed by atoms with Crippen LogP contribution in [0.3, 0.4) is 0 Å². The molecule has 4 nitrogen and oxygen atoms in total. The Hall–Kier alpha value is -2.15. The topological polar surface area (TPSA) is 36.9 Å². The van der Waals surface area contributed by atoms with Crippen molar-refractivity contribution in [3.63, 3.8) is 0 Å². The van der Waals surface area contributed by atoms with E-state index in [0.29, 0.717) is 18.9 Å². The number of hydrogen-bond donors (Lipinski definition) is 1. The molecule has 0 amide bonds. The van der Waals surface area contributed by atoms with Crippen LogP contribution in [-0.4, -0.2) is 38.1 Å². The Bertz CT molecular complexity index is 647. The van der Waals surface area contributed by atoms with Crippen LogP contribution in [0.2, 0.25) is 0 Å². The normalized spacial score (nSPS) is 11.4. The number of thiophene rings is 1. The molecule has 1 aromatic heterocycles. The molecule has 0 aliphatic heterocycles. The molecule has 0 spiro atoms. The summed E-state index contributed by atoms with van der Waals surface area (Å²) < 4.78 is 31.3. The number of aliphatic imine (C=N–C) groups is 1. The Morgan fingerprint density at radius 1 is 1.30 bits per heavy atom. The second-order valence-corrected chi connectivity index (χ2v) is 5.67. The van der Waals surface area contributed by atoms with Gasteiger partial charge in [-0.3, -0.25) is 4.99 Å². The highest BCUT2D eigenvalue weighted by Gasteiger charge is 2.07. The van der Waals surface area contributed by atoms with Gasteiger partial charge in [0.05, 0.1) is 6.54 Å². The van der Waals surface area contributed by atoms with Gasteiger partial charge in [0, 0.05) is 26.7 Å². The van der Waals surface area contributed by atoms with Gasteiger partial charge >= 0.3 is 0 Å². The van der Waals surface area contributed by atoms with Crippen LogP contribution < -0.4 is 10.1 Å². The fraction of sp³-hybridized carbons (Fsp3) is 0.312. The molecule has 0 fully saturated rings. The summed E-state index contributed by atoms with van der Waals surface area (Å²) in [4.78, 5) is 6.21. The van der Waals surface area contributed by atoms with E-state index in [0.717, 1.165) is 24.6 Å². The van der Waals surface area contributed by atoms with Gasteiger partial charge in [0.1, 0.15) is 12.4 Å². The predicted molar refractivity (Wildman–Crippen MR) is 89.0 cm³/mol. The molecule has 0 saturated carbocycles. The van der Waals surface area contributed by atoms with Crippen molar-refractivity contribution < 1.29 is 13.5 Å². The largest absolute Gasteiger partial charge is 0.492 e. The van der Waals surface area contributed by atoms with Crippen LogP contribution in [0.1, 0.15) is 5.56 Å². The fourth-order valence-corrected chi connectivity index (χ4v) is 2.67. The molecular weight excluding hydrogens is 320 g/mol. The zero-order chi connectivity index (χ0) is 16.7. The molecule has 0 aliphatic carbocycles. The van der Waals surface area contributed by atoms with Crippen molar-refractivity contribution >= 4 is 17.3 Å². The molecule has 0 aliphatic rings. The van der Waals surface area contributed by atoms with Crippen molar-refractivity contribution in [3.05, 3.63) is 52.2 Å². The van der Waals surface area contributed by atoms with E-state index in [1.807, 2.05) is 17.3 Å². The van der Waals surface area contributed by atoms with Gasteiger partial charge in [-0.25, -0.2) is 8.78 Å². The molecule has 0 saturated heterocycles. The molecule has 2 rings (SSSR count). The van der Waals surface area contributed by atoms with Gasteiger partial charge < -0.3 is 15.0 Å². The summed E-state index contributed by atoms with van der Waals surface area (Å²) in [5.41, 5.74) is 1.22. The van der Waals surface area contributed by atoms with Crippen LogP contribution >= 0.6 is 11.3 Å². The van der Waals surface area contributed by atoms with Gasteiger partial charge in [-0.15, -0.1) is 0 Å². The van der Waals surface area contributed by atoms with E-state index in [-0.39, 0.29) is 0 Å². The summed E-state index contributed by atoms with van der Waals surface area (Å²) in [6.45, 7) is 1.57. The van der Waals surface area contributed by atoms with Gasteiger partial charge in [0.2, 0.25) is 0 Å². The van der Waals surface area contributed by atoms with Crippen molar-refractivity contribution in [2.45, 2.75) is 6.54 Å². The molecule has 1 N–H and O–H groups in total. The third-order valence-corrected chi connectivity index (χ3v) is 3.85. The fourth-order valence-electron chi connectivity index (χ4n) is 2.01. The Morgan fingerprint density at radius 3 is 2.78 bits per heavy atom. The Balaban J connectivity index is 1.76. The summed E-state index contributed by atoms with van der Waals surface area (Å²) in [6, 6.07) is 5.55. The predicted octanol–water partition coefficient (Wildman–Crippen LogP) is 3.11. The third kappa shape index (κ3) is 5.21. The lowest BCUT2D eigenvalue weighted by Gasteiger charge is -2.21. The smallest absolute Gasteiger partial charge is 0.193 e. The Kier molecular flexibility index (Phi) is 6.34. The highest BCUT2D eigenvalue weighted by Crippen LogP contribution is 2.15. The van der Waals surface area contributed by atoms with Crippen molar-refractivity contribution in [1.82, 2.24) is 10.2 Å². The molecule has 0 bridgehead atoms. The van der Waals surface area contributed by atoms with E-state index in [2.05, 4.69) is 21.8 Å². The molecule has 124 valence electrons. The highest BCUT2D eigenvalue weighted by molar-refractivity contribution is 7.07. The lowest BCUT2D eigenvalue weighted by molar-refractivity contribution is 0.316. The molecule has 1 aromatic carbocycles. The minimum Gasteiger partial charge on any atom is -0.492 e. The summed E-state index contributed by atoms with van der Waals surface area (Å²) in [6.07, 6.45) is 0. The van der Waals surface area contributed by atoms with Crippen LogP contribution in [0.4, 0.5) is 8.78 Å². The summed E-state index contributed by atoms with van der Waals surface area (Å²) >= 11 is 1.66. The number of ether oxygens (including phenoxy) is 1. The Labute approximate surface area is 138 Å². The Morgan fingerprint density at radius 2 is 2.13 bits per heavy atom. The van der Waals surface area contributed by atoms with Crippen LogP contribution in [0.5, 0.6) is 5.75 Å². The van der Waals surface area contributed by atoms with Gasteiger partial charge in [0.25, 0.3) is 0 Å². The zero-order valence-corrected chi connectivity index (χ0v) is 13.9. The summed E-state index contributed by atoms with van der Waals surface area (Å²) in [5.74, 6) is -0.759. The number of rotatable bonds is 6. The highest BCUT2D eigenvalue weighted by atomic mass is 32.1. The average molecular weight is 339 g/mol. The van der Waals surface area contributed by atoms with E-state index in [4.69, 9.17) is 4.74 Å². The minimum atomic E-state index is -0.915. The maximum absolute atomic E-state index is 13.1. The number of halogens is 2. The van der Waals surface area contributed by atoms with Crippen LogP contribution in [-0.2, 0) is 6.54 Å². The standard InChI is InChI=1S/C16H19F2N3OS/c1-19-16(21(2)10-12-5-8-23-11-12)20-6-7-22-13-3-4-14(17)15(18)9-13/h3-5,8-9,11H,6-7,10H2,1-2H3,(H,19,20). The van der Waals surface area contributed by atoms with Crippen molar-refractivity contribution in [2.24, 2.45) is 4.99 Å². The number of nitrogens with one attached hydrogen (secondary N) is 1. The lowest BCUT2D eigenvalue weighted by Crippen LogP contribution is -2.40. The van der Waals surface area contributed by atoms with E-state index >= 15 is 0 Å². The van der Waals surface area contributed by atoms with Crippen LogP contribution in [0.25, 0.3) is 0 Å². The van der Waals surface area contributed by atoms with E-state index in [1.54, 1.807) is 18.4 Å². The van der Waals surface area contributed by atoms with E-state index in [9.17, 15) is 8.78 Å². The number of hydrogen-bond acceptors (Lipinski definition) is 3. The van der Waals surface area contributed by atoms with Crippen LogP contribution in [0, 0.1) is 11.6 Å². The van der Waals surface area contributed by atoms with Gasteiger partial charge in [-0.05, 0) is 34.5 Å². The van der Waals surface area contributed by atoms with Crippen molar-refractivity contribution in [1.29, 1.82) is 0 Å². The molecule has 0 unspecified atom stereocenters. The van der Waals surface area contributed by atoms with Crippen LogP contribution in [0.15, 0.2) is 40.0 Å². The van der Waals surface area contributed by atoms with Crippen molar-refractivity contribution in [2.75, 3.05) is 27.2 Å². The number of nitrogens with zero attached hydrogens (tertiary/aromatic N) is 2. The molecule has 2 aromatic rings.